The fraction of sp³-hybridized carbons (Fsp3) is 0.190. The first kappa shape index (κ1) is 18.7. The Bertz CT molecular complexity index is 847. The zero-order chi connectivity index (χ0) is 18.2. The average molecular weight is 384 g/mol. The molecular formula is C21H21NO2S2. The Labute approximate surface area is 162 Å². The van der Waals surface area contributed by atoms with Gasteiger partial charge in [-0.2, -0.15) is 0 Å². The molecule has 0 unspecified atom stereocenters. The van der Waals surface area contributed by atoms with Gasteiger partial charge in [0, 0.05) is 29.2 Å². The van der Waals surface area contributed by atoms with Crippen molar-refractivity contribution < 1.29 is 9.53 Å². The number of rotatable bonds is 8. The van der Waals surface area contributed by atoms with Crippen LogP contribution in [0.1, 0.15) is 26.4 Å². The van der Waals surface area contributed by atoms with E-state index in [1.165, 1.54) is 4.88 Å². The number of hydrogen-bond donors (Lipinski definition) is 1. The highest BCUT2D eigenvalue weighted by Gasteiger charge is 2.12. The van der Waals surface area contributed by atoms with E-state index in [0.29, 0.717) is 13.2 Å². The van der Waals surface area contributed by atoms with Crippen molar-refractivity contribution in [2.75, 3.05) is 7.11 Å². The second kappa shape index (κ2) is 9.57. The van der Waals surface area contributed by atoms with Crippen LogP contribution in [0.4, 0.5) is 0 Å². The smallest absolute Gasteiger partial charge is 0.252 e. The minimum absolute atomic E-state index is 0.0495. The topological polar surface area (TPSA) is 38.3 Å². The van der Waals surface area contributed by atoms with Gasteiger partial charge in [0.1, 0.15) is 0 Å². The summed E-state index contributed by atoms with van der Waals surface area (Å²) in [4.78, 5) is 15.0. The molecule has 0 radical (unpaired) electrons. The van der Waals surface area contributed by atoms with Crippen LogP contribution in [0, 0.1) is 0 Å². The molecule has 0 bridgehead atoms. The molecule has 1 aromatic heterocycles. The van der Waals surface area contributed by atoms with Gasteiger partial charge in [-0.1, -0.05) is 42.5 Å². The summed E-state index contributed by atoms with van der Waals surface area (Å²) in [7, 11) is 1.68. The number of ether oxygens (including phenoxy) is 1. The van der Waals surface area contributed by atoms with Gasteiger partial charge in [0.2, 0.25) is 0 Å². The summed E-state index contributed by atoms with van der Waals surface area (Å²) in [6, 6.07) is 19.9. The molecule has 0 aliphatic carbocycles. The largest absolute Gasteiger partial charge is 0.380 e. The van der Waals surface area contributed by atoms with Crippen molar-refractivity contribution >= 4 is 29.0 Å². The van der Waals surface area contributed by atoms with Gasteiger partial charge in [-0.15, -0.1) is 23.1 Å². The monoisotopic (exact) mass is 383 g/mol. The van der Waals surface area contributed by atoms with E-state index in [0.717, 1.165) is 27.3 Å². The highest BCUT2D eigenvalue weighted by atomic mass is 32.2. The van der Waals surface area contributed by atoms with Crippen molar-refractivity contribution in [2.45, 2.75) is 23.8 Å². The lowest BCUT2D eigenvalue weighted by Crippen LogP contribution is -2.24. The molecule has 0 atom stereocenters. The maximum atomic E-state index is 12.7. The van der Waals surface area contributed by atoms with Crippen LogP contribution in [0.15, 0.2) is 70.9 Å². The number of methoxy groups -OCH3 is 1. The lowest BCUT2D eigenvalue weighted by atomic mass is 10.1. The Balaban J connectivity index is 1.66. The zero-order valence-electron chi connectivity index (χ0n) is 14.6. The Morgan fingerprint density at radius 2 is 1.81 bits per heavy atom. The predicted molar refractivity (Wildman–Crippen MR) is 109 cm³/mol. The van der Waals surface area contributed by atoms with E-state index >= 15 is 0 Å². The number of hydrogen-bond acceptors (Lipinski definition) is 4. The maximum absolute atomic E-state index is 12.7. The number of carbonyl (C=O) groups is 1. The summed E-state index contributed by atoms with van der Waals surface area (Å²) in [6.45, 7) is 1.03. The molecule has 134 valence electrons. The van der Waals surface area contributed by atoms with Crippen LogP contribution in [-0.4, -0.2) is 13.0 Å². The summed E-state index contributed by atoms with van der Waals surface area (Å²) in [5, 5.41) is 5.12. The third-order valence-electron chi connectivity index (χ3n) is 3.94. The lowest BCUT2D eigenvalue weighted by Gasteiger charge is -2.12. The van der Waals surface area contributed by atoms with Crippen molar-refractivity contribution in [1.82, 2.24) is 5.32 Å². The van der Waals surface area contributed by atoms with Crippen molar-refractivity contribution in [2.24, 2.45) is 0 Å². The summed E-state index contributed by atoms with van der Waals surface area (Å²) in [5.74, 6) is 0.824. The molecule has 1 N–H and O–H groups in total. The van der Waals surface area contributed by atoms with Crippen molar-refractivity contribution in [3.63, 3.8) is 0 Å². The van der Waals surface area contributed by atoms with E-state index < -0.39 is 0 Å². The molecule has 5 heteroatoms. The lowest BCUT2D eigenvalue weighted by molar-refractivity contribution is 0.0947. The maximum Gasteiger partial charge on any atom is 0.252 e. The quantitative estimate of drug-likeness (QED) is 0.549. The Morgan fingerprint density at radius 1 is 1.04 bits per heavy atom. The van der Waals surface area contributed by atoms with Crippen molar-refractivity contribution in [3.05, 3.63) is 87.6 Å². The number of carbonyl (C=O) groups excluding carboxylic acids is 1. The highest BCUT2D eigenvalue weighted by Crippen LogP contribution is 2.28. The third kappa shape index (κ3) is 4.97. The first-order valence-corrected chi connectivity index (χ1v) is 10.2. The van der Waals surface area contributed by atoms with Gasteiger partial charge in [-0.05, 0) is 34.7 Å². The standard InChI is InChI=1S/C21H21NO2S2/c1-24-14-17-8-3-2-7-16(17)13-22-21(23)19-10-4-5-11-20(19)26-15-18-9-6-12-25-18/h2-12H,13-15H2,1H3,(H,22,23). The fourth-order valence-corrected chi connectivity index (χ4v) is 4.44. The molecule has 0 fully saturated rings. The summed E-state index contributed by atoms with van der Waals surface area (Å²) in [6.07, 6.45) is 0. The van der Waals surface area contributed by atoms with Gasteiger partial charge in [-0.25, -0.2) is 0 Å². The fourth-order valence-electron chi connectivity index (χ4n) is 2.62. The molecule has 0 aliphatic rings. The number of nitrogens with one attached hydrogen (secondary N) is 1. The summed E-state index contributed by atoms with van der Waals surface area (Å²) >= 11 is 3.43. The SMILES string of the molecule is COCc1ccccc1CNC(=O)c1ccccc1SCc1cccs1. The number of benzene rings is 2. The van der Waals surface area contributed by atoms with Crippen LogP contribution in [0.5, 0.6) is 0 Å². The van der Waals surface area contributed by atoms with Crippen LogP contribution in [0.3, 0.4) is 0 Å². The number of amides is 1. The molecule has 1 heterocycles. The van der Waals surface area contributed by atoms with Crippen LogP contribution in [0.25, 0.3) is 0 Å². The van der Waals surface area contributed by atoms with Gasteiger partial charge in [-0.3, -0.25) is 4.79 Å². The molecule has 0 aliphatic heterocycles. The first-order valence-electron chi connectivity index (χ1n) is 8.36. The molecule has 3 nitrogen and oxygen atoms in total. The van der Waals surface area contributed by atoms with E-state index in [-0.39, 0.29) is 5.91 Å². The Hall–Kier alpha value is -2.08. The molecule has 0 saturated heterocycles. The summed E-state index contributed by atoms with van der Waals surface area (Å²) < 4.78 is 5.23. The Morgan fingerprint density at radius 3 is 2.58 bits per heavy atom. The van der Waals surface area contributed by atoms with Crippen LogP contribution >= 0.6 is 23.1 Å². The molecule has 0 spiro atoms. The molecule has 3 rings (SSSR count). The molecule has 3 aromatic rings. The number of thiophene rings is 1. The van der Waals surface area contributed by atoms with Gasteiger partial charge >= 0.3 is 0 Å². The predicted octanol–water partition coefficient (Wildman–Crippen LogP) is 5.12. The van der Waals surface area contributed by atoms with Crippen LogP contribution < -0.4 is 5.32 Å². The normalized spacial score (nSPS) is 10.7. The summed E-state index contributed by atoms with van der Waals surface area (Å²) in [5.41, 5.74) is 2.89. The molecule has 0 saturated carbocycles. The van der Waals surface area contributed by atoms with Gasteiger partial charge in [0.25, 0.3) is 5.91 Å². The van der Waals surface area contributed by atoms with E-state index in [1.54, 1.807) is 30.2 Å². The van der Waals surface area contributed by atoms with Crippen LogP contribution in [0.2, 0.25) is 0 Å². The zero-order valence-corrected chi connectivity index (χ0v) is 16.2. The van der Waals surface area contributed by atoms with Crippen LogP contribution in [-0.2, 0) is 23.6 Å². The van der Waals surface area contributed by atoms with Gasteiger partial charge in [0.05, 0.1) is 12.2 Å². The average Bonchev–Trinajstić information content (AvgIpc) is 3.19. The van der Waals surface area contributed by atoms with Gasteiger partial charge < -0.3 is 10.1 Å². The van der Waals surface area contributed by atoms with E-state index in [4.69, 9.17) is 4.74 Å². The third-order valence-corrected chi connectivity index (χ3v) is 6.12. The number of thioether (sulfide) groups is 1. The molecule has 26 heavy (non-hydrogen) atoms. The van der Waals surface area contributed by atoms with E-state index in [9.17, 15) is 4.79 Å². The Kier molecular flexibility index (Phi) is 6.89. The van der Waals surface area contributed by atoms with Gasteiger partial charge in [0.15, 0.2) is 0 Å². The van der Waals surface area contributed by atoms with E-state index in [2.05, 4.69) is 22.8 Å². The molecule has 2 aromatic carbocycles. The highest BCUT2D eigenvalue weighted by molar-refractivity contribution is 7.98. The second-order valence-corrected chi connectivity index (χ2v) is 7.80. The molecular weight excluding hydrogens is 362 g/mol. The molecule has 1 amide bonds. The minimum atomic E-state index is -0.0495. The minimum Gasteiger partial charge on any atom is -0.380 e. The van der Waals surface area contributed by atoms with E-state index in [1.807, 2.05) is 48.5 Å². The van der Waals surface area contributed by atoms with Crippen molar-refractivity contribution in [3.8, 4) is 0 Å². The van der Waals surface area contributed by atoms with Crippen molar-refractivity contribution in [1.29, 1.82) is 0 Å². The second-order valence-electron chi connectivity index (χ2n) is 5.75. The first-order chi connectivity index (χ1) is 12.8.